The summed E-state index contributed by atoms with van der Waals surface area (Å²) in [5, 5.41) is 0. The third-order valence-corrected chi connectivity index (χ3v) is 4.23. The van der Waals surface area contributed by atoms with E-state index in [4.69, 9.17) is 9.47 Å². The van der Waals surface area contributed by atoms with Crippen LogP contribution < -0.4 is 0 Å². The molecular formula is C17H20N2O5. The Morgan fingerprint density at radius 2 is 1.88 bits per heavy atom. The second-order valence-electron chi connectivity index (χ2n) is 5.93. The van der Waals surface area contributed by atoms with Gasteiger partial charge in [0.25, 0.3) is 5.91 Å². The highest BCUT2D eigenvalue weighted by Crippen LogP contribution is 2.18. The van der Waals surface area contributed by atoms with Gasteiger partial charge in [-0.05, 0) is 24.8 Å². The molecule has 0 unspecified atom stereocenters. The smallest absolute Gasteiger partial charge is 0.417 e. The zero-order chi connectivity index (χ0) is 16.9. The molecule has 2 heterocycles. The molecule has 3 rings (SSSR count). The van der Waals surface area contributed by atoms with Crippen LogP contribution in [0.5, 0.6) is 0 Å². The van der Waals surface area contributed by atoms with Crippen molar-refractivity contribution >= 4 is 18.1 Å². The van der Waals surface area contributed by atoms with Crippen molar-refractivity contribution in [3.05, 3.63) is 35.9 Å². The Bertz CT molecular complexity index is 613. The molecule has 1 atom stereocenters. The molecule has 2 aliphatic rings. The molecule has 3 amide bonds. The monoisotopic (exact) mass is 332 g/mol. The number of rotatable bonds is 4. The summed E-state index contributed by atoms with van der Waals surface area (Å²) < 4.78 is 10.0. The van der Waals surface area contributed by atoms with E-state index in [0.29, 0.717) is 19.5 Å². The van der Waals surface area contributed by atoms with Crippen LogP contribution in [0.1, 0.15) is 18.4 Å². The fraction of sp³-hybridized carbons (Fsp3) is 0.471. The van der Waals surface area contributed by atoms with E-state index in [1.54, 1.807) is 4.90 Å². The van der Waals surface area contributed by atoms with Crippen molar-refractivity contribution in [2.24, 2.45) is 0 Å². The second-order valence-corrected chi connectivity index (χ2v) is 5.93. The number of hydrogen-bond acceptors (Lipinski definition) is 5. The van der Waals surface area contributed by atoms with E-state index in [1.165, 1.54) is 0 Å². The molecule has 7 nitrogen and oxygen atoms in total. The number of carbonyl (C=O) groups is 3. The topological polar surface area (TPSA) is 76.2 Å². The number of hydrogen-bond donors (Lipinski definition) is 0. The molecule has 0 N–H and O–H groups in total. The van der Waals surface area contributed by atoms with Gasteiger partial charge in [0.2, 0.25) is 0 Å². The van der Waals surface area contributed by atoms with E-state index in [1.807, 2.05) is 30.3 Å². The lowest BCUT2D eigenvalue weighted by atomic mass is 10.1. The van der Waals surface area contributed by atoms with Gasteiger partial charge < -0.3 is 14.4 Å². The molecule has 1 aromatic carbocycles. The molecule has 0 aromatic heterocycles. The first-order valence-electron chi connectivity index (χ1n) is 8.09. The highest BCUT2D eigenvalue weighted by molar-refractivity contribution is 5.94. The van der Waals surface area contributed by atoms with Crippen molar-refractivity contribution < 1.29 is 23.9 Å². The average molecular weight is 332 g/mol. The van der Waals surface area contributed by atoms with Crippen molar-refractivity contribution in [1.82, 2.24) is 9.80 Å². The van der Waals surface area contributed by atoms with Crippen LogP contribution in [0.25, 0.3) is 0 Å². The lowest BCUT2D eigenvalue weighted by molar-refractivity contribution is -0.132. The SMILES string of the molecule is O=C(OCC(=O)N1C(=O)OC[C@@H]1Cc1ccccc1)N1CCCC1. The van der Waals surface area contributed by atoms with Gasteiger partial charge in [0.05, 0.1) is 6.04 Å². The highest BCUT2D eigenvalue weighted by atomic mass is 16.6. The zero-order valence-corrected chi connectivity index (χ0v) is 13.3. The van der Waals surface area contributed by atoms with Crippen LogP contribution in [0.3, 0.4) is 0 Å². The normalized spacial score (nSPS) is 20.2. The standard InChI is InChI=1S/C17H20N2O5/c20-15(12-24-16(21)18-8-4-5-9-18)19-14(11-23-17(19)22)10-13-6-2-1-3-7-13/h1-3,6-7,14H,4-5,8-12H2/t14-/m0/s1. The zero-order valence-electron chi connectivity index (χ0n) is 13.3. The third kappa shape index (κ3) is 3.67. The van der Waals surface area contributed by atoms with E-state index < -0.39 is 24.7 Å². The summed E-state index contributed by atoms with van der Waals surface area (Å²) in [7, 11) is 0. The van der Waals surface area contributed by atoms with Gasteiger partial charge in [-0.2, -0.15) is 0 Å². The summed E-state index contributed by atoms with van der Waals surface area (Å²) in [4.78, 5) is 38.6. The van der Waals surface area contributed by atoms with Crippen LogP contribution >= 0.6 is 0 Å². The summed E-state index contributed by atoms with van der Waals surface area (Å²) in [6.45, 7) is 1.00. The number of nitrogens with zero attached hydrogens (tertiary/aromatic N) is 2. The van der Waals surface area contributed by atoms with E-state index in [2.05, 4.69) is 0 Å². The maximum atomic E-state index is 12.3. The van der Waals surface area contributed by atoms with Crippen LogP contribution in [0, 0.1) is 0 Å². The van der Waals surface area contributed by atoms with E-state index in [-0.39, 0.29) is 12.6 Å². The Morgan fingerprint density at radius 1 is 1.17 bits per heavy atom. The van der Waals surface area contributed by atoms with Gasteiger partial charge in [0, 0.05) is 13.1 Å². The molecule has 2 fully saturated rings. The van der Waals surface area contributed by atoms with Crippen molar-refractivity contribution in [2.45, 2.75) is 25.3 Å². The Hall–Kier alpha value is -2.57. The maximum absolute atomic E-state index is 12.3. The number of ether oxygens (including phenoxy) is 2. The van der Waals surface area contributed by atoms with Crippen LogP contribution in [0.4, 0.5) is 9.59 Å². The van der Waals surface area contributed by atoms with E-state index in [0.717, 1.165) is 23.3 Å². The molecule has 0 saturated carbocycles. The molecule has 0 bridgehead atoms. The Labute approximate surface area is 140 Å². The first-order valence-corrected chi connectivity index (χ1v) is 8.09. The van der Waals surface area contributed by atoms with Crippen LogP contribution in [-0.4, -0.2) is 60.2 Å². The molecule has 0 radical (unpaired) electrons. The summed E-state index contributed by atoms with van der Waals surface area (Å²) in [5.74, 6) is -0.550. The average Bonchev–Trinajstić information content (AvgIpc) is 3.24. The van der Waals surface area contributed by atoms with Gasteiger partial charge in [-0.25, -0.2) is 14.5 Å². The molecule has 7 heteroatoms. The number of likely N-dealkylation sites (tertiary alicyclic amines) is 1. The molecule has 0 spiro atoms. The number of carbonyl (C=O) groups excluding carboxylic acids is 3. The van der Waals surface area contributed by atoms with Gasteiger partial charge >= 0.3 is 12.2 Å². The second kappa shape index (κ2) is 7.33. The number of cyclic esters (lactones) is 1. The highest BCUT2D eigenvalue weighted by Gasteiger charge is 2.38. The van der Waals surface area contributed by atoms with Crippen molar-refractivity contribution in [2.75, 3.05) is 26.3 Å². The van der Waals surface area contributed by atoms with Gasteiger partial charge in [-0.15, -0.1) is 0 Å². The largest absolute Gasteiger partial charge is 0.447 e. The number of benzene rings is 1. The van der Waals surface area contributed by atoms with Gasteiger partial charge in [0.1, 0.15) is 6.61 Å². The quantitative estimate of drug-likeness (QED) is 0.840. The third-order valence-electron chi connectivity index (χ3n) is 4.23. The minimum Gasteiger partial charge on any atom is -0.447 e. The summed E-state index contributed by atoms with van der Waals surface area (Å²) in [5.41, 5.74) is 1.01. The fourth-order valence-electron chi connectivity index (χ4n) is 2.99. The minimum atomic E-state index is -0.682. The van der Waals surface area contributed by atoms with Crippen LogP contribution in [0.15, 0.2) is 30.3 Å². The predicted molar refractivity (Wildman–Crippen MR) is 84.3 cm³/mol. The Morgan fingerprint density at radius 3 is 2.58 bits per heavy atom. The molecular weight excluding hydrogens is 312 g/mol. The van der Waals surface area contributed by atoms with Crippen molar-refractivity contribution in [3.63, 3.8) is 0 Å². The van der Waals surface area contributed by atoms with Gasteiger partial charge in [0.15, 0.2) is 6.61 Å². The molecule has 24 heavy (non-hydrogen) atoms. The fourth-order valence-corrected chi connectivity index (χ4v) is 2.99. The maximum Gasteiger partial charge on any atom is 0.417 e. The lowest BCUT2D eigenvalue weighted by Crippen LogP contribution is -2.43. The molecule has 128 valence electrons. The van der Waals surface area contributed by atoms with Crippen LogP contribution in [-0.2, 0) is 20.7 Å². The first kappa shape index (κ1) is 16.3. The minimum absolute atomic E-state index is 0.152. The number of amides is 3. The lowest BCUT2D eigenvalue weighted by Gasteiger charge is -2.20. The Kier molecular flexibility index (Phi) is 4.98. The summed E-state index contributed by atoms with van der Waals surface area (Å²) >= 11 is 0. The van der Waals surface area contributed by atoms with Crippen LogP contribution in [0.2, 0.25) is 0 Å². The van der Waals surface area contributed by atoms with Gasteiger partial charge in [-0.3, -0.25) is 4.79 Å². The Balaban J connectivity index is 1.57. The predicted octanol–water partition coefficient (Wildman–Crippen LogP) is 1.81. The van der Waals surface area contributed by atoms with Gasteiger partial charge in [-0.1, -0.05) is 30.3 Å². The van der Waals surface area contributed by atoms with E-state index >= 15 is 0 Å². The molecule has 2 saturated heterocycles. The molecule has 2 aliphatic heterocycles. The molecule has 1 aromatic rings. The van der Waals surface area contributed by atoms with Crippen molar-refractivity contribution in [1.29, 1.82) is 0 Å². The summed E-state index contributed by atoms with van der Waals surface area (Å²) in [6.07, 6.45) is 1.21. The summed E-state index contributed by atoms with van der Waals surface area (Å²) in [6, 6.07) is 9.18. The molecule has 0 aliphatic carbocycles. The first-order chi connectivity index (χ1) is 11.6. The van der Waals surface area contributed by atoms with Crippen molar-refractivity contribution in [3.8, 4) is 0 Å². The number of imide groups is 1. The van der Waals surface area contributed by atoms with E-state index in [9.17, 15) is 14.4 Å².